The van der Waals surface area contributed by atoms with Crippen LogP contribution in [0, 0.1) is 0 Å². The number of carbonyl (C=O) groups is 3. The van der Waals surface area contributed by atoms with Crippen LogP contribution in [0.25, 0.3) is 0 Å². The second kappa shape index (κ2) is 1.71. The number of carbonyl (C=O) groups excluding carboxylic acids is 3. The Kier molecular flexibility index (Phi) is 0.957. The fourth-order valence-electron chi connectivity index (χ4n) is 1.11. The van der Waals surface area contributed by atoms with E-state index in [1.54, 1.807) is 0 Å². The number of nitrogens with one attached hydrogen (secondary N) is 2. The van der Waals surface area contributed by atoms with Crippen LogP contribution in [0.1, 0.15) is 0 Å². The van der Waals surface area contributed by atoms with Gasteiger partial charge in [-0.1, -0.05) is 0 Å². The van der Waals surface area contributed by atoms with E-state index in [2.05, 4.69) is 15.4 Å². The molecule has 0 radical (unpaired) electrons. The lowest BCUT2D eigenvalue weighted by atomic mass is 10.2. The Morgan fingerprint density at radius 3 is 1.91 bits per heavy atom. The lowest BCUT2D eigenvalue weighted by molar-refractivity contribution is -0.153. The quantitative estimate of drug-likeness (QED) is 0.317. The molecule has 0 unspecified atom stereocenters. The number of urea groups is 1. The monoisotopic (exact) mass is 156 g/mol. The first-order valence-electron chi connectivity index (χ1n) is 3.01. The van der Waals surface area contributed by atoms with Crippen LogP contribution in [0.5, 0.6) is 0 Å². The molecule has 2 atom stereocenters. The van der Waals surface area contributed by atoms with Crippen molar-refractivity contribution < 1.29 is 19.1 Å². The minimum absolute atomic E-state index is 0.509. The summed E-state index contributed by atoms with van der Waals surface area (Å²) in [4.78, 5) is 32.0. The molecule has 2 N–H and O–H groups in total. The van der Waals surface area contributed by atoms with Gasteiger partial charge in [-0.15, -0.1) is 0 Å². The van der Waals surface area contributed by atoms with Gasteiger partial charge >= 0.3 is 18.0 Å². The SMILES string of the molecule is O=C1N[C@H]2C(=O)OC(=O)[C@@H]2N1. The fraction of sp³-hybridized carbons (Fsp3) is 0.400. The average Bonchev–Trinajstić information content (AvgIpc) is 2.38. The number of hydrogen-bond donors (Lipinski definition) is 2. The maximum absolute atomic E-state index is 10.7. The normalized spacial score (nSPS) is 34.4. The van der Waals surface area contributed by atoms with Gasteiger partial charge < -0.3 is 15.4 Å². The molecule has 6 nitrogen and oxygen atoms in total. The lowest BCUT2D eigenvalue weighted by Crippen LogP contribution is -2.35. The number of hydrogen-bond acceptors (Lipinski definition) is 4. The molecule has 2 rings (SSSR count). The molecule has 0 aromatic heterocycles. The van der Waals surface area contributed by atoms with Gasteiger partial charge in [0.25, 0.3) is 0 Å². The van der Waals surface area contributed by atoms with E-state index in [0.717, 1.165) is 0 Å². The van der Waals surface area contributed by atoms with Crippen molar-refractivity contribution in [1.82, 2.24) is 10.6 Å². The summed E-state index contributed by atoms with van der Waals surface area (Å²) >= 11 is 0. The van der Waals surface area contributed by atoms with Crippen molar-refractivity contribution in [3.63, 3.8) is 0 Å². The third kappa shape index (κ3) is 0.688. The van der Waals surface area contributed by atoms with Gasteiger partial charge in [0, 0.05) is 0 Å². The predicted molar refractivity (Wildman–Crippen MR) is 30.3 cm³/mol. The minimum Gasteiger partial charge on any atom is -0.390 e. The first-order valence-corrected chi connectivity index (χ1v) is 3.01. The molecule has 2 aliphatic heterocycles. The van der Waals surface area contributed by atoms with Gasteiger partial charge in [0.2, 0.25) is 0 Å². The van der Waals surface area contributed by atoms with Crippen molar-refractivity contribution >= 4 is 18.0 Å². The summed E-state index contributed by atoms with van der Waals surface area (Å²) in [5, 5.41) is 4.50. The van der Waals surface area contributed by atoms with Crippen LogP contribution in [0.15, 0.2) is 0 Å². The zero-order chi connectivity index (χ0) is 8.01. The molecule has 0 spiro atoms. The van der Waals surface area contributed by atoms with Gasteiger partial charge in [0.05, 0.1) is 0 Å². The number of rotatable bonds is 0. The topological polar surface area (TPSA) is 84.5 Å². The number of ether oxygens (including phenoxy) is 1. The highest BCUT2D eigenvalue weighted by Crippen LogP contribution is 2.13. The van der Waals surface area contributed by atoms with Gasteiger partial charge in [0.15, 0.2) is 12.1 Å². The summed E-state index contributed by atoms with van der Waals surface area (Å²) in [7, 11) is 0. The van der Waals surface area contributed by atoms with E-state index in [9.17, 15) is 14.4 Å². The molecule has 2 aliphatic rings. The summed E-state index contributed by atoms with van der Waals surface area (Å²) in [5.74, 6) is -1.39. The van der Waals surface area contributed by atoms with Gasteiger partial charge in [-0.3, -0.25) is 0 Å². The molecule has 0 aromatic rings. The van der Waals surface area contributed by atoms with E-state index in [0.29, 0.717) is 0 Å². The first-order chi connectivity index (χ1) is 5.18. The van der Waals surface area contributed by atoms with E-state index in [1.807, 2.05) is 0 Å². The number of fused-ring (bicyclic) bond motifs is 1. The Labute approximate surface area is 60.9 Å². The summed E-state index contributed by atoms with van der Waals surface area (Å²) in [6, 6.07) is -2.16. The van der Waals surface area contributed by atoms with Gasteiger partial charge in [-0.25, -0.2) is 14.4 Å². The standard InChI is InChI=1S/C5H4N2O4/c8-3-1-2(4(9)11-3)7-5(10)6-1/h1-2H,(H2,6,7,10)/t1-,2-/m1/s1. The molecule has 2 amide bonds. The molecular weight excluding hydrogens is 152 g/mol. The van der Waals surface area contributed by atoms with E-state index in [1.165, 1.54) is 0 Å². The zero-order valence-corrected chi connectivity index (χ0v) is 5.29. The van der Waals surface area contributed by atoms with Crippen molar-refractivity contribution in [2.45, 2.75) is 12.1 Å². The molecule has 0 aliphatic carbocycles. The molecule has 11 heavy (non-hydrogen) atoms. The minimum atomic E-state index is -0.824. The molecule has 2 heterocycles. The first kappa shape index (κ1) is 6.14. The Hall–Kier alpha value is -1.59. The highest BCUT2D eigenvalue weighted by molar-refractivity contribution is 6.06. The van der Waals surface area contributed by atoms with Crippen LogP contribution in [0.4, 0.5) is 4.79 Å². The van der Waals surface area contributed by atoms with Crippen LogP contribution in [0.2, 0.25) is 0 Å². The smallest absolute Gasteiger partial charge is 0.339 e. The van der Waals surface area contributed by atoms with Crippen molar-refractivity contribution in [3.8, 4) is 0 Å². The highest BCUT2D eigenvalue weighted by Gasteiger charge is 2.50. The largest absolute Gasteiger partial charge is 0.390 e. The van der Waals surface area contributed by atoms with Crippen molar-refractivity contribution in [2.75, 3.05) is 0 Å². The van der Waals surface area contributed by atoms with Crippen LogP contribution < -0.4 is 10.6 Å². The zero-order valence-electron chi connectivity index (χ0n) is 5.29. The highest BCUT2D eigenvalue weighted by atomic mass is 16.6. The average molecular weight is 156 g/mol. The molecule has 2 fully saturated rings. The Balaban J connectivity index is 2.29. The lowest BCUT2D eigenvalue weighted by Gasteiger charge is -1.95. The molecule has 2 saturated heterocycles. The number of amides is 2. The Morgan fingerprint density at radius 1 is 1.00 bits per heavy atom. The summed E-state index contributed by atoms with van der Waals surface area (Å²) in [5.41, 5.74) is 0. The second-order valence-corrected chi connectivity index (χ2v) is 2.31. The van der Waals surface area contributed by atoms with Crippen molar-refractivity contribution in [1.29, 1.82) is 0 Å². The van der Waals surface area contributed by atoms with Crippen LogP contribution in [0.3, 0.4) is 0 Å². The second-order valence-electron chi connectivity index (χ2n) is 2.31. The maximum Gasteiger partial charge on any atom is 0.339 e. The third-order valence-electron chi connectivity index (χ3n) is 1.62. The molecule has 0 saturated carbocycles. The fourth-order valence-corrected chi connectivity index (χ4v) is 1.11. The van der Waals surface area contributed by atoms with Crippen LogP contribution in [-0.4, -0.2) is 30.1 Å². The molecule has 6 heteroatoms. The number of cyclic esters (lactones) is 2. The Bertz CT molecular complexity index is 237. The van der Waals surface area contributed by atoms with Crippen LogP contribution >= 0.6 is 0 Å². The summed E-state index contributed by atoms with van der Waals surface area (Å²) < 4.78 is 4.22. The van der Waals surface area contributed by atoms with Gasteiger partial charge in [-0.05, 0) is 0 Å². The van der Waals surface area contributed by atoms with Gasteiger partial charge in [-0.2, -0.15) is 0 Å². The summed E-state index contributed by atoms with van der Waals surface area (Å²) in [6.45, 7) is 0. The summed E-state index contributed by atoms with van der Waals surface area (Å²) in [6.07, 6.45) is 0. The van der Waals surface area contributed by atoms with Crippen molar-refractivity contribution in [3.05, 3.63) is 0 Å². The number of esters is 2. The molecule has 58 valence electrons. The molecular formula is C5H4N2O4. The van der Waals surface area contributed by atoms with E-state index >= 15 is 0 Å². The Morgan fingerprint density at radius 2 is 1.45 bits per heavy atom. The predicted octanol–water partition coefficient (Wildman–Crippen LogP) is -1.88. The van der Waals surface area contributed by atoms with Gasteiger partial charge in [0.1, 0.15) is 0 Å². The third-order valence-corrected chi connectivity index (χ3v) is 1.62. The van der Waals surface area contributed by atoms with E-state index < -0.39 is 30.1 Å². The van der Waals surface area contributed by atoms with E-state index in [-0.39, 0.29) is 0 Å². The molecule has 0 aromatic carbocycles. The molecule has 0 bridgehead atoms. The maximum atomic E-state index is 10.7. The van der Waals surface area contributed by atoms with Crippen molar-refractivity contribution in [2.24, 2.45) is 0 Å². The van der Waals surface area contributed by atoms with Crippen LogP contribution in [-0.2, 0) is 14.3 Å². The van der Waals surface area contributed by atoms with E-state index in [4.69, 9.17) is 0 Å².